The first-order valence-electron chi connectivity index (χ1n) is 5.18. The predicted octanol–water partition coefficient (Wildman–Crippen LogP) is 1.60. The zero-order valence-electron chi connectivity index (χ0n) is 8.45. The average Bonchev–Trinajstić information content (AvgIpc) is 2.30. The molecule has 15 heavy (non-hydrogen) atoms. The molecule has 1 aliphatic heterocycles. The first kappa shape index (κ1) is 11.1. The molecule has 0 bridgehead atoms. The Balaban J connectivity index is 1.79. The van der Waals surface area contributed by atoms with Crippen LogP contribution in [0, 0.1) is 3.57 Å². The van der Waals surface area contributed by atoms with Crippen molar-refractivity contribution in [3.05, 3.63) is 16.0 Å². The fourth-order valence-corrected chi connectivity index (χ4v) is 1.89. The summed E-state index contributed by atoms with van der Waals surface area (Å²) in [7, 11) is 0. The summed E-state index contributed by atoms with van der Waals surface area (Å²) in [4.78, 5) is 8.19. The molecular weight excluding hydrogens is 305 g/mol. The van der Waals surface area contributed by atoms with Crippen LogP contribution in [0.2, 0.25) is 0 Å². The maximum atomic E-state index is 5.51. The van der Waals surface area contributed by atoms with Crippen molar-refractivity contribution in [2.75, 3.05) is 13.2 Å². The van der Waals surface area contributed by atoms with Gasteiger partial charge in [0.15, 0.2) is 0 Å². The fourth-order valence-electron chi connectivity index (χ4n) is 1.62. The van der Waals surface area contributed by atoms with Crippen molar-refractivity contribution in [3.8, 4) is 6.01 Å². The van der Waals surface area contributed by atoms with Crippen LogP contribution in [0.3, 0.4) is 0 Å². The third kappa shape index (κ3) is 3.57. The molecule has 1 atom stereocenters. The lowest BCUT2D eigenvalue weighted by Crippen LogP contribution is -2.38. The Hall–Kier alpha value is -0.430. The Kier molecular flexibility index (Phi) is 4.13. The van der Waals surface area contributed by atoms with Gasteiger partial charge in [0.05, 0.1) is 0 Å². The van der Waals surface area contributed by atoms with Crippen molar-refractivity contribution < 1.29 is 4.74 Å². The summed E-state index contributed by atoms with van der Waals surface area (Å²) in [5, 5.41) is 3.42. The summed E-state index contributed by atoms with van der Waals surface area (Å²) < 4.78 is 6.54. The molecule has 0 radical (unpaired) electrons. The fraction of sp³-hybridized carbons (Fsp3) is 0.600. The maximum Gasteiger partial charge on any atom is 0.316 e. The van der Waals surface area contributed by atoms with Crippen LogP contribution in [0.1, 0.15) is 19.3 Å². The molecule has 82 valence electrons. The van der Waals surface area contributed by atoms with E-state index >= 15 is 0 Å². The van der Waals surface area contributed by atoms with Crippen molar-refractivity contribution in [2.45, 2.75) is 25.3 Å². The highest BCUT2D eigenvalue weighted by atomic mass is 127. The highest BCUT2D eigenvalue weighted by Gasteiger charge is 2.13. The van der Waals surface area contributed by atoms with Crippen LogP contribution in [-0.2, 0) is 0 Å². The number of aromatic nitrogens is 2. The number of nitrogens with one attached hydrogen (secondary N) is 1. The summed E-state index contributed by atoms with van der Waals surface area (Å²) in [5.74, 6) is 0. The molecule has 0 amide bonds. The Bertz CT molecular complexity index is 298. The first-order chi connectivity index (χ1) is 7.34. The maximum absolute atomic E-state index is 5.51. The number of hydrogen-bond donors (Lipinski definition) is 1. The molecule has 1 unspecified atom stereocenters. The van der Waals surface area contributed by atoms with Gasteiger partial charge in [0.25, 0.3) is 0 Å². The highest BCUT2D eigenvalue weighted by molar-refractivity contribution is 14.1. The molecule has 5 heteroatoms. The van der Waals surface area contributed by atoms with E-state index in [-0.39, 0.29) is 0 Å². The van der Waals surface area contributed by atoms with E-state index in [1.807, 2.05) is 0 Å². The van der Waals surface area contributed by atoms with E-state index in [9.17, 15) is 0 Å². The molecule has 0 aromatic carbocycles. The van der Waals surface area contributed by atoms with Crippen LogP contribution in [0.25, 0.3) is 0 Å². The SMILES string of the molecule is Ic1cnc(OCC2CCCCN2)nc1. The molecule has 0 spiro atoms. The second-order valence-corrected chi connectivity index (χ2v) is 4.89. The minimum absolute atomic E-state index is 0.460. The quantitative estimate of drug-likeness (QED) is 0.860. The second-order valence-electron chi connectivity index (χ2n) is 3.64. The lowest BCUT2D eigenvalue weighted by Gasteiger charge is -2.22. The summed E-state index contributed by atoms with van der Waals surface area (Å²) >= 11 is 2.18. The van der Waals surface area contributed by atoms with E-state index in [0.29, 0.717) is 18.7 Å². The normalized spacial score (nSPS) is 21.3. The van der Waals surface area contributed by atoms with Gasteiger partial charge in [0.1, 0.15) is 6.61 Å². The molecule has 0 saturated carbocycles. The number of rotatable bonds is 3. The molecule has 0 aliphatic carbocycles. The van der Waals surface area contributed by atoms with Gasteiger partial charge < -0.3 is 10.1 Å². The standard InChI is InChI=1S/C10H14IN3O/c11-8-5-13-10(14-6-8)15-7-9-3-1-2-4-12-9/h5-6,9,12H,1-4,7H2. The van der Waals surface area contributed by atoms with Gasteiger partial charge in [-0.1, -0.05) is 6.42 Å². The molecule has 1 aromatic rings. The average molecular weight is 319 g/mol. The van der Waals surface area contributed by atoms with E-state index in [2.05, 4.69) is 37.9 Å². The highest BCUT2D eigenvalue weighted by Crippen LogP contribution is 2.09. The van der Waals surface area contributed by atoms with Gasteiger partial charge in [-0.05, 0) is 42.0 Å². The first-order valence-corrected chi connectivity index (χ1v) is 6.26. The van der Waals surface area contributed by atoms with Gasteiger partial charge in [-0.3, -0.25) is 0 Å². The van der Waals surface area contributed by atoms with E-state index in [1.165, 1.54) is 19.3 Å². The van der Waals surface area contributed by atoms with Gasteiger partial charge in [0.2, 0.25) is 0 Å². The minimum atomic E-state index is 0.460. The molecular formula is C10H14IN3O. The van der Waals surface area contributed by atoms with Crippen LogP contribution in [-0.4, -0.2) is 29.2 Å². The Morgan fingerprint density at radius 1 is 1.40 bits per heavy atom. The van der Waals surface area contributed by atoms with Gasteiger partial charge >= 0.3 is 6.01 Å². The summed E-state index contributed by atoms with van der Waals surface area (Å²) in [5.41, 5.74) is 0. The number of halogens is 1. The van der Waals surface area contributed by atoms with Crippen LogP contribution < -0.4 is 10.1 Å². The Labute approximate surface area is 103 Å². The van der Waals surface area contributed by atoms with E-state index < -0.39 is 0 Å². The summed E-state index contributed by atoms with van der Waals surface area (Å²) in [6, 6.07) is 0.935. The van der Waals surface area contributed by atoms with E-state index in [1.54, 1.807) is 12.4 Å². The van der Waals surface area contributed by atoms with Crippen LogP contribution in [0.5, 0.6) is 6.01 Å². The van der Waals surface area contributed by atoms with Crippen molar-refractivity contribution in [1.29, 1.82) is 0 Å². The Morgan fingerprint density at radius 3 is 2.87 bits per heavy atom. The van der Waals surface area contributed by atoms with Gasteiger partial charge in [-0.15, -0.1) is 0 Å². The third-order valence-corrected chi connectivity index (χ3v) is 2.98. The molecule has 1 N–H and O–H groups in total. The lowest BCUT2D eigenvalue weighted by atomic mass is 10.1. The van der Waals surface area contributed by atoms with Crippen LogP contribution >= 0.6 is 22.6 Å². The summed E-state index contributed by atoms with van der Waals surface area (Å²) in [6.45, 7) is 1.77. The third-order valence-electron chi connectivity index (χ3n) is 2.42. The lowest BCUT2D eigenvalue weighted by molar-refractivity contribution is 0.224. The smallest absolute Gasteiger partial charge is 0.316 e. The molecule has 1 fully saturated rings. The van der Waals surface area contributed by atoms with Crippen molar-refractivity contribution in [2.24, 2.45) is 0 Å². The molecule has 1 aliphatic rings. The molecule has 2 rings (SSSR count). The van der Waals surface area contributed by atoms with E-state index in [0.717, 1.165) is 10.1 Å². The molecule has 2 heterocycles. The number of ether oxygens (including phenoxy) is 1. The molecule has 4 nitrogen and oxygen atoms in total. The zero-order chi connectivity index (χ0) is 10.5. The largest absolute Gasteiger partial charge is 0.462 e. The zero-order valence-corrected chi connectivity index (χ0v) is 10.6. The number of hydrogen-bond acceptors (Lipinski definition) is 4. The topological polar surface area (TPSA) is 47.0 Å². The number of piperidine rings is 1. The van der Waals surface area contributed by atoms with Crippen molar-refractivity contribution in [3.63, 3.8) is 0 Å². The second kappa shape index (κ2) is 5.60. The monoisotopic (exact) mass is 319 g/mol. The Morgan fingerprint density at radius 2 is 2.20 bits per heavy atom. The predicted molar refractivity (Wildman–Crippen MR) is 65.9 cm³/mol. The van der Waals surface area contributed by atoms with Gasteiger partial charge in [-0.25, -0.2) is 9.97 Å². The molecule has 1 aromatic heterocycles. The van der Waals surface area contributed by atoms with Crippen molar-refractivity contribution >= 4 is 22.6 Å². The molecule has 1 saturated heterocycles. The van der Waals surface area contributed by atoms with Gasteiger partial charge in [-0.2, -0.15) is 0 Å². The van der Waals surface area contributed by atoms with Gasteiger partial charge in [0, 0.05) is 22.0 Å². The number of nitrogens with zero attached hydrogens (tertiary/aromatic N) is 2. The van der Waals surface area contributed by atoms with Crippen molar-refractivity contribution in [1.82, 2.24) is 15.3 Å². The summed E-state index contributed by atoms with van der Waals surface area (Å²) in [6.07, 6.45) is 7.27. The van der Waals surface area contributed by atoms with E-state index in [4.69, 9.17) is 4.74 Å². The minimum Gasteiger partial charge on any atom is -0.462 e. The van der Waals surface area contributed by atoms with Crippen LogP contribution in [0.15, 0.2) is 12.4 Å². The van der Waals surface area contributed by atoms with Crippen LogP contribution in [0.4, 0.5) is 0 Å².